The molecule has 0 atom stereocenters. The number of hydrogen-bond acceptors (Lipinski definition) is 5. The topological polar surface area (TPSA) is 69.4 Å². The molecule has 0 aliphatic carbocycles. The van der Waals surface area contributed by atoms with Crippen molar-refractivity contribution < 1.29 is 9.47 Å². The summed E-state index contributed by atoms with van der Waals surface area (Å²) in [5.74, 6) is 2.01. The molecule has 0 bridgehead atoms. The van der Waals surface area contributed by atoms with Crippen LogP contribution >= 0.6 is 0 Å². The monoisotopic (exact) mass is 245 g/mol. The number of methoxy groups -OCH3 is 2. The second-order valence-corrected chi connectivity index (χ2v) is 3.67. The molecule has 1 aromatic heterocycles. The molecule has 0 radical (unpaired) electrons. The van der Waals surface area contributed by atoms with Gasteiger partial charge in [0, 0.05) is 30.1 Å². The number of nitrogens with two attached hydrogens (primary N) is 1. The first-order valence-electron chi connectivity index (χ1n) is 5.43. The van der Waals surface area contributed by atoms with Crippen LogP contribution in [0.15, 0.2) is 36.5 Å². The number of nitrogens with one attached hydrogen (secondary N) is 1. The predicted molar refractivity (Wildman–Crippen MR) is 71.5 cm³/mol. The van der Waals surface area contributed by atoms with E-state index >= 15 is 0 Å². The van der Waals surface area contributed by atoms with Crippen LogP contribution in [-0.2, 0) is 0 Å². The van der Waals surface area contributed by atoms with E-state index < -0.39 is 0 Å². The Morgan fingerprint density at radius 1 is 1.11 bits per heavy atom. The Hall–Kier alpha value is -2.43. The van der Waals surface area contributed by atoms with E-state index in [1.54, 1.807) is 38.6 Å². The summed E-state index contributed by atoms with van der Waals surface area (Å²) >= 11 is 0. The van der Waals surface area contributed by atoms with Gasteiger partial charge in [-0.1, -0.05) is 0 Å². The van der Waals surface area contributed by atoms with Crippen LogP contribution < -0.4 is 20.5 Å². The molecule has 0 saturated heterocycles. The minimum Gasteiger partial charge on any atom is -0.497 e. The highest BCUT2D eigenvalue weighted by Gasteiger charge is 2.04. The molecule has 0 fully saturated rings. The second-order valence-electron chi connectivity index (χ2n) is 3.67. The van der Waals surface area contributed by atoms with E-state index in [1.165, 1.54) is 0 Å². The maximum absolute atomic E-state index is 5.82. The van der Waals surface area contributed by atoms with Crippen LogP contribution in [0.4, 0.5) is 17.2 Å². The van der Waals surface area contributed by atoms with Gasteiger partial charge in [0.2, 0.25) is 0 Å². The van der Waals surface area contributed by atoms with E-state index in [0.717, 1.165) is 5.69 Å². The van der Waals surface area contributed by atoms with Gasteiger partial charge in [-0.3, -0.25) is 0 Å². The van der Waals surface area contributed by atoms with Crippen LogP contribution in [0.2, 0.25) is 0 Å². The molecule has 18 heavy (non-hydrogen) atoms. The van der Waals surface area contributed by atoms with Gasteiger partial charge < -0.3 is 20.5 Å². The fraction of sp³-hybridized carbons (Fsp3) is 0.154. The summed E-state index contributed by atoms with van der Waals surface area (Å²) in [6.45, 7) is 0. The van der Waals surface area contributed by atoms with E-state index in [9.17, 15) is 0 Å². The molecular weight excluding hydrogens is 230 g/mol. The van der Waals surface area contributed by atoms with Crippen molar-refractivity contribution in [3.8, 4) is 11.5 Å². The number of anilines is 3. The van der Waals surface area contributed by atoms with Gasteiger partial charge in [-0.2, -0.15) is 0 Å². The summed E-state index contributed by atoms with van der Waals surface area (Å²) in [6.07, 6.45) is 1.68. The Kier molecular flexibility index (Phi) is 3.52. The van der Waals surface area contributed by atoms with Crippen molar-refractivity contribution in [3.63, 3.8) is 0 Å². The minimum atomic E-state index is 0.583. The van der Waals surface area contributed by atoms with Gasteiger partial charge in [-0.15, -0.1) is 0 Å². The molecule has 0 aliphatic rings. The number of ether oxygens (including phenoxy) is 2. The van der Waals surface area contributed by atoms with E-state index in [-0.39, 0.29) is 0 Å². The second kappa shape index (κ2) is 5.27. The smallest absolute Gasteiger partial charge is 0.153 e. The molecule has 0 aliphatic heterocycles. The average molecular weight is 245 g/mol. The molecule has 2 aromatic rings. The maximum Gasteiger partial charge on any atom is 0.153 e. The van der Waals surface area contributed by atoms with Gasteiger partial charge in [0.15, 0.2) is 5.82 Å². The lowest BCUT2D eigenvalue weighted by Gasteiger charge is -2.11. The van der Waals surface area contributed by atoms with Gasteiger partial charge in [-0.05, 0) is 12.1 Å². The Labute approximate surface area is 106 Å². The van der Waals surface area contributed by atoms with Crippen LogP contribution in [-0.4, -0.2) is 19.2 Å². The number of nitrogens with zero attached hydrogens (tertiary/aromatic N) is 1. The van der Waals surface area contributed by atoms with Crippen molar-refractivity contribution in [2.24, 2.45) is 0 Å². The van der Waals surface area contributed by atoms with Gasteiger partial charge in [0.1, 0.15) is 11.5 Å². The van der Waals surface area contributed by atoms with Gasteiger partial charge in [0.05, 0.1) is 19.9 Å². The van der Waals surface area contributed by atoms with Crippen LogP contribution in [0, 0.1) is 0 Å². The first-order valence-corrected chi connectivity index (χ1v) is 5.43. The van der Waals surface area contributed by atoms with Crippen molar-refractivity contribution in [2.75, 3.05) is 25.3 Å². The first kappa shape index (κ1) is 12.0. The first-order chi connectivity index (χ1) is 8.72. The lowest BCUT2D eigenvalue weighted by Crippen LogP contribution is -1.99. The third kappa shape index (κ3) is 2.63. The van der Waals surface area contributed by atoms with Crippen LogP contribution in [0.5, 0.6) is 11.5 Å². The zero-order valence-electron chi connectivity index (χ0n) is 10.3. The molecule has 1 heterocycles. The summed E-state index contributed by atoms with van der Waals surface area (Å²) in [6, 6.07) is 9.06. The SMILES string of the molecule is COc1cc(Nc2ncccc2N)cc(OC)c1. The number of benzene rings is 1. The normalized spacial score (nSPS) is 9.89. The minimum absolute atomic E-state index is 0.583. The van der Waals surface area contributed by atoms with Gasteiger partial charge >= 0.3 is 0 Å². The number of aromatic nitrogens is 1. The van der Waals surface area contributed by atoms with E-state index in [2.05, 4.69) is 10.3 Å². The fourth-order valence-electron chi connectivity index (χ4n) is 1.54. The predicted octanol–water partition coefficient (Wildman–Crippen LogP) is 2.42. The molecule has 0 saturated carbocycles. The molecular formula is C13H15N3O2. The Morgan fingerprint density at radius 2 is 1.78 bits per heavy atom. The molecule has 2 rings (SSSR count). The lowest BCUT2D eigenvalue weighted by molar-refractivity contribution is 0.395. The van der Waals surface area contributed by atoms with Crippen molar-refractivity contribution in [3.05, 3.63) is 36.5 Å². The zero-order chi connectivity index (χ0) is 13.0. The van der Waals surface area contributed by atoms with Crippen LogP contribution in [0.25, 0.3) is 0 Å². The fourth-order valence-corrected chi connectivity index (χ4v) is 1.54. The Morgan fingerprint density at radius 3 is 2.33 bits per heavy atom. The van der Waals surface area contributed by atoms with E-state index in [4.69, 9.17) is 15.2 Å². The molecule has 0 spiro atoms. The number of hydrogen-bond donors (Lipinski definition) is 2. The number of pyridine rings is 1. The third-order valence-corrected chi connectivity index (χ3v) is 2.45. The quantitative estimate of drug-likeness (QED) is 0.865. The van der Waals surface area contributed by atoms with Gasteiger partial charge in [0.25, 0.3) is 0 Å². The lowest BCUT2D eigenvalue weighted by atomic mass is 10.2. The summed E-state index contributed by atoms with van der Waals surface area (Å²) in [7, 11) is 3.21. The molecule has 0 amide bonds. The maximum atomic E-state index is 5.82. The molecule has 5 nitrogen and oxygen atoms in total. The number of nitrogen functional groups attached to an aromatic ring is 1. The summed E-state index contributed by atoms with van der Waals surface area (Å²) in [5, 5.41) is 3.13. The number of rotatable bonds is 4. The highest BCUT2D eigenvalue weighted by atomic mass is 16.5. The third-order valence-electron chi connectivity index (χ3n) is 2.45. The highest BCUT2D eigenvalue weighted by molar-refractivity contribution is 5.69. The van der Waals surface area contributed by atoms with E-state index in [1.807, 2.05) is 12.1 Å². The van der Waals surface area contributed by atoms with Crippen molar-refractivity contribution in [1.29, 1.82) is 0 Å². The average Bonchev–Trinajstić information content (AvgIpc) is 2.41. The van der Waals surface area contributed by atoms with Crippen LogP contribution in [0.1, 0.15) is 0 Å². The molecule has 1 aromatic carbocycles. The summed E-state index contributed by atoms with van der Waals surface area (Å²) < 4.78 is 10.4. The zero-order valence-corrected chi connectivity index (χ0v) is 10.3. The van der Waals surface area contributed by atoms with Crippen molar-refractivity contribution in [2.45, 2.75) is 0 Å². The molecule has 0 unspecified atom stereocenters. The Balaban J connectivity index is 2.31. The largest absolute Gasteiger partial charge is 0.497 e. The Bertz CT molecular complexity index is 521. The summed E-state index contributed by atoms with van der Waals surface area (Å²) in [5.41, 5.74) is 7.21. The molecule has 94 valence electrons. The standard InChI is InChI=1S/C13H15N3O2/c1-17-10-6-9(7-11(8-10)18-2)16-13-12(14)4-3-5-15-13/h3-8H,14H2,1-2H3,(H,15,16). The summed E-state index contributed by atoms with van der Waals surface area (Å²) in [4.78, 5) is 4.17. The van der Waals surface area contributed by atoms with Crippen LogP contribution in [0.3, 0.4) is 0 Å². The van der Waals surface area contributed by atoms with Gasteiger partial charge in [-0.25, -0.2) is 4.98 Å². The van der Waals surface area contributed by atoms with E-state index in [0.29, 0.717) is 23.0 Å². The molecule has 3 N–H and O–H groups in total. The van der Waals surface area contributed by atoms with Crippen molar-refractivity contribution in [1.82, 2.24) is 4.98 Å². The van der Waals surface area contributed by atoms with Crippen molar-refractivity contribution >= 4 is 17.2 Å². The highest BCUT2D eigenvalue weighted by Crippen LogP contribution is 2.28. The molecule has 5 heteroatoms.